The number of hydrogen-bond donors (Lipinski definition) is 2. The molecule has 0 heterocycles. The predicted octanol–water partition coefficient (Wildman–Crippen LogP) is 1.69. The summed E-state index contributed by atoms with van der Waals surface area (Å²) in [7, 11) is -2.40. The van der Waals surface area contributed by atoms with Crippen LogP contribution in [-0.2, 0) is 10.0 Å². The van der Waals surface area contributed by atoms with Gasteiger partial charge in [-0.2, -0.15) is 0 Å². The quantitative estimate of drug-likeness (QED) is 0.886. The highest BCUT2D eigenvalue weighted by molar-refractivity contribution is 7.89. The first-order chi connectivity index (χ1) is 9.85. The minimum atomic E-state index is -3.74. The number of nitrogens with two attached hydrogens (primary N) is 1. The Morgan fingerprint density at radius 1 is 1.29 bits per heavy atom. The van der Waals surface area contributed by atoms with Crippen LogP contribution in [0.4, 0.5) is 4.39 Å². The van der Waals surface area contributed by atoms with Crippen LogP contribution in [0.3, 0.4) is 0 Å². The number of hydrogen-bond acceptors (Lipinski definition) is 4. The van der Waals surface area contributed by atoms with Crippen molar-refractivity contribution in [3.63, 3.8) is 0 Å². The number of sulfonamides is 1. The van der Waals surface area contributed by atoms with Crippen LogP contribution in [0.1, 0.15) is 31.2 Å². The van der Waals surface area contributed by atoms with Gasteiger partial charge in [-0.1, -0.05) is 0 Å². The highest BCUT2D eigenvalue weighted by atomic mass is 32.2. The van der Waals surface area contributed by atoms with Crippen molar-refractivity contribution in [3.05, 3.63) is 23.5 Å². The average Bonchev–Trinajstić information content (AvgIpc) is 2.44. The number of benzene rings is 1. The molecule has 0 bridgehead atoms. The second-order valence-corrected chi connectivity index (χ2v) is 7.12. The Morgan fingerprint density at radius 2 is 1.90 bits per heavy atom. The van der Waals surface area contributed by atoms with Crippen molar-refractivity contribution in [1.82, 2.24) is 4.72 Å². The molecule has 0 unspecified atom stereocenters. The van der Waals surface area contributed by atoms with Crippen LogP contribution in [0.2, 0.25) is 0 Å². The molecule has 7 heteroatoms. The van der Waals surface area contributed by atoms with Gasteiger partial charge in [0.1, 0.15) is 0 Å². The van der Waals surface area contributed by atoms with E-state index in [1.165, 1.54) is 26.2 Å². The van der Waals surface area contributed by atoms with Crippen molar-refractivity contribution in [2.75, 3.05) is 7.11 Å². The predicted molar refractivity (Wildman–Crippen MR) is 78.2 cm³/mol. The number of nitrogens with one attached hydrogen (secondary N) is 1. The molecule has 1 aromatic carbocycles. The van der Waals surface area contributed by atoms with E-state index >= 15 is 0 Å². The van der Waals surface area contributed by atoms with E-state index in [9.17, 15) is 12.8 Å². The highest BCUT2D eigenvalue weighted by Crippen LogP contribution is 2.27. The summed E-state index contributed by atoms with van der Waals surface area (Å²) >= 11 is 0. The minimum absolute atomic E-state index is 0.0371. The fraction of sp³-hybridized carbons (Fsp3) is 0.571. The zero-order chi connectivity index (χ0) is 15.6. The number of halogens is 1. The van der Waals surface area contributed by atoms with E-state index in [1.54, 1.807) is 0 Å². The van der Waals surface area contributed by atoms with Crippen molar-refractivity contribution < 1.29 is 17.5 Å². The average molecular weight is 316 g/mol. The summed E-state index contributed by atoms with van der Waals surface area (Å²) in [6.45, 7) is 1.43. The summed E-state index contributed by atoms with van der Waals surface area (Å²) in [6, 6.07) is 2.70. The maximum absolute atomic E-state index is 14.0. The summed E-state index contributed by atoms with van der Waals surface area (Å²) in [4.78, 5) is -0.0457. The largest absolute Gasteiger partial charge is 0.494 e. The molecule has 3 N–H and O–H groups in total. The van der Waals surface area contributed by atoms with Crippen LogP contribution < -0.4 is 15.2 Å². The Bertz CT molecular complexity index is 611. The topological polar surface area (TPSA) is 81.4 Å². The molecule has 0 aliphatic heterocycles. The molecular formula is C14H21FN2O3S. The molecule has 118 valence electrons. The van der Waals surface area contributed by atoms with E-state index in [1.807, 2.05) is 0 Å². The van der Waals surface area contributed by atoms with Crippen LogP contribution >= 0.6 is 0 Å². The lowest BCUT2D eigenvalue weighted by Gasteiger charge is -2.26. The fourth-order valence-electron chi connectivity index (χ4n) is 2.61. The highest BCUT2D eigenvalue weighted by Gasteiger charge is 2.26. The lowest BCUT2D eigenvalue weighted by molar-refractivity contribution is 0.373. The fourth-order valence-corrected chi connectivity index (χ4v) is 4.15. The third-order valence-electron chi connectivity index (χ3n) is 3.90. The van der Waals surface area contributed by atoms with Crippen molar-refractivity contribution in [2.24, 2.45) is 5.73 Å². The van der Waals surface area contributed by atoms with Gasteiger partial charge in [-0.15, -0.1) is 0 Å². The Morgan fingerprint density at radius 3 is 2.48 bits per heavy atom. The Labute approximate surface area is 124 Å². The van der Waals surface area contributed by atoms with Gasteiger partial charge in [-0.25, -0.2) is 17.5 Å². The molecule has 5 nitrogen and oxygen atoms in total. The van der Waals surface area contributed by atoms with Crippen LogP contribution in [-0.4, -0.2) is 27.6 Å². The maximum atomic E-state index is 14.0. The van der Waals surface area contributed by atoms with Gasteiger partial charge in [0.2, 0.25) is 10.0 Å². The van der Waals surface area contributed by atoms with E-state index < -0.39 is 15.8 Å². The molecule has 0 spiro atoms. The minimum Gasteiger partial charge on any atom is -0.494 e. The van der Waals surface area contributed by atoms with E-state index in [0.29, 0.717) is 12.8 Å². The number of ether oxygens (including phenoxy) is 1. The molecule has 0 atom stereocenters. The van der Waals surface area contributed by atoms with Gasteiger partial charge < -0.3 is 10.5 Å². The molecule has 21 heavy (non-hydrogen) atoms. The Balaban J connectivity index is 2.22. The second-order valence-electron chi connectivity index (χ2n) is 5.44. The van der Waals surface area contributed by atoms with E-state index in [-0.39, 0.29) is 28.3 Å². The standard InChI is InChI=1S/C14H21FN2O3S/c1-9-13(8-7-12(20-2)14(9)15)21(18,19)17-11-5-3-10(16)4-6-11/h7-8,10-11,17H,3-6,16H2,1-2H3. The first kappa shape index (κ1) is 16.2. The first-order valence-corrected chi connectivity index (χ1v) is 8.44. The molecule has 0 radical (unpaired) electrons. The summed E-state index contributed by atoms with van der Waals surface area (Å²) in [5.41, 5.74) is 5.87. The molecule has 1 aliphatic rings. The lowest BCUT2D eigenvalue weighted by atomic mass is 9.93. The number of rotatable bonds is 4. The van der Waals surface area contributed by atoms with Gasteiger partial charge in [-0.05, 0) is 44.7 Å². The third-order valence-corrected chi connectivity index (χ3v) is 5.57. The van der Waals surface area contributed by atoms with Gasteiger partial charge in [0, 0.05) is 17.6 Å². The maximum Gasteiger partial charge on any atom is 0.241 e. The molecule has 0 aromatic heterocycles. The SMILES string of the molecule is COc1ccc(S(=O)(=O)NC2CCC(N)CC2)c(C)c1F. The van der Waals surface area contributed by atoms with E-state index in [0.717, 1.165) is 12.8 Å². The number of methoxy groups -OCH3 is 1. The molecular weight excluding hydrogens is 295 g/mol. The first-order valence-electron chi connectivity index (χ1n) is 6.96. The molecule has 0 amide bonds. The van der Waals surface area contributed by atoms with Gasteiger partial charge in [-0.3, -0.25) is 0 Å². The van der Waals surface area contributed by atoms with E-state index in [2.05, 4.69) is 4.72 Å². The zero-order valence-corrected chi connectivity index (χ0v) is 13.0. The van der Waals surface area contributed by atoms with Crippen LogP contribution in [0, 0.1) is 12.7 Å². The molecule has 0 saturated heterocycles. The van der Waals surface area contributed by atoms with Gasteiger partial charge >= 0.3 is 0 Å². The molecule has 2 rings (SSSR count). The monoisotopic (exact) mass is 316 g/mol. The smallest absolute Gasteiger partial charge is 0.241 e. The van der Waals surface area contributed by atoms with Crippen LogP contribution in [0.5, 0.6) is 5.75 Å². The van der Waals surface area contributed by atoms with Gasteiger partial charge in [0.25, 0.3) is 0 Å². The van der Waals surface area contributed by atoms with Crippen molar-refractivity contribution >= 4 is 10.0 Å². The van der Waals surface area contributed by atoms with Gasteiger partial charge in [0.05, 0.1) is 12.0 Å². The third kappa shape index (κ3) is 3.53. The molecule has 1 aromatic rings. The van der Waals surface area contributed by atoms with E-state index in [4.69, 9.17) is 10.5 Å². The molecule has 1 fully saturated rings. The van der Waals surface area contributed by atoms with Crippen molar-refractivity contribution in [1.29, 1.82) is 0 Å². The normalized spacial score (nSPS) is 23.0. The molecule has 1 aliphatic carbocycles. The Kier molecular flexibility index (Phi) is 4.85. The van der Waals surface area contributed by atoms with Crippen LogP contribution in [0.25, 0.3) is 0 Å². The summed E-state index contributed by atoms with van der Waals surface area (Å²) in [5.74, 6) is -0.610. The molecule has 1 saturated carbocycles. The summed E-state index contributed by atoms with van der Waals surface area (Å²) < 4.78 is 46.3. The van der Waals surface area contributed by atoms with Crippen molar-refractivity contribution in [3.8, 4) is 5.75 Å². The Hall–Kier alpha value is -1.18. The zero-order valence-electron chi connectivity index (χ0n) is 12.2. The second kappa shape index (κ2) is 6.29. The van der Waals surface area contributed by atoms with Crippen molar-refractivity contribution in [2.45, 2.75) is 49.6 Å². The van der Waals surface area contributed by atoms with Crippen LogP contribution in [0.15, 0.2) is 17.0 Å². The summed E-state index contributed by atoms with van der Waals surface area (Å²) in [5, 5.41) is 0. The lowest BCUT2D eigenvalue weighted by Crippen LogP contribution is -2.40. The van der Waals surface area contributed by atoms with Gasteiger partial charge in [0.15, 0.2) is 11.6 Å². The summed E-state index contributed by atoms with van der Waals surface area (Å²) in [6.07, 6.45) is 3.00.